The number of amides is 1. The highest BCUT2D eigenvalue weighted by molar-refractivity contribution is 5.95. The minimum Gasteiger partial charge on any atom is -0.384 e. The van der Waals surface area contributed by atoms with E-state index in [-0.39, 0.29) is 23.7 Å². The molecular weight excluding hydrogens is 276 g/mol. The number of H-pyrrole nitrogens is 1. The molecule has 0 radical (unpaired) electrons. The minimum atomic E-state index is -0.548. The van der Waals surface area contributed by atoms with Crippen LogP contribution in [0.3, 0.4) is 0 Å². The van der Waals surface area contributed by atoms with Gasteiger partial charge in [-0.1, -0.05) is 0 Å². The Labute approximate surface area is 119 Å². The van der Waals surface area contributed by atoms with Crippen molar-refractivity contribution in [3.05, 3.63) is 45.6 Å². The van der Waals surface area contributed by atoms with Gasteiger partial charge in [-0.3, -0.25) is 20.0 Å². The van der Waals surface area contributed by atoms with Crippen molar-refractivity contribution >= 4 is 23.1 Å². The van der Waals surface area contributed by atoms with Crippen molar-refractivity contribution in [3.63, 3.8) is 0 Å². The first-order chi connectivity index (χ1) is 10.0. The lowest BCUT2D eigenvalue weighted by Crippen LogP contribution is -2.18. The van der Waals surface area contributed by atoms with Gasteiger partial charge in [0.1, 0.15) is 11.5 Å². The average Bonchev–Trinajstić information content (AvgIpc) is 2.89. The highest BCUT2D eigenvalue weighted by atomic mass is 16.6. The Morgan fingerprint density at radius 3 is 2.86 bits per heavy atom. The van der Waals surface area contributed by atoms with E-state index in [0.717, 1.165) is 0 Å². The summed E-state index contributed by atoms with van der Waals surface area (Å²) in [7, 11) is 1.46. The highest BCUT2D eigenvalue weighted by Gasteiger charge is 2.17. The molecule has 110 valence electrons. The SMILES string of the molecule is CNC(=O)c1ccc(NCc2cn[nH]c2N)c([N+](=O)[O-])c1. The van der Waals surface area contributed by atoms with Crippen molar-refractivity contribution in [1.82, 2.24) is 15.5 Å². The molecule has 2 rings (SSSR count). The molecule has 0 atom stereocenters. The van der Waals surface area contributed by atoms with Gasteiger partial charge in [0.2, 0.25) is 0 Å². The number of aromatic amines is 1. The van der Waals surface area contributed by atoms with E-state index in [1.54, 1.807) is 0 Å². The first-order valence-corrected chi connectivity index (χ1v) is 6.05. The average molecular weight is 290 g/mol. The Morgan fingerprint density at radius 1 is 1.52 bits per heavy atom. The van der Waals surface area contributed by atoms with Gasteiger partial charge in [0.25, 0.3) is 11.6 Å². The third-order valence-corrected chi connectivity index (χ3v) is 2.90. The summed E-state index contributed by atoms with van der Waals surface area (Å²) in [5.74, 6) is 0.0101. The molecule has 9 nitrogen and oxygen atoms in total. The van der Waals surface area contributed by atoms with Crippen LogP contribution in [0, 0.1) is 10.1 Å². The number of carbonyl (C=O) groups excluding carboxylic acids is 1. The van der Waals surface area contributed by atoms with Crippen molar-refractivity contribution < 1.29 is 9.72 Å². The van der Waals surface area contributed by atoms with Crippen LogP contribution in [-0.2, 0) is 6.54 Å². The number of nitrogens with one attached hydrogen (secondary N) is 3. The maximum atomic E-state index is 11.5. The summed E-state index contributed by atoms with van der Waals surface area (Å²) in [4.78, 5) is 22.1. The molecule has 5 N–H and O–H groups in total. The van der Waals surface area contributed by atoms with Crippen molar-refractivity contribution in [3.8, 4) is 0 Å². The topological polar surface area (TPSA) is 139 Å². The van der Waals surface area contributed by atoms with Crippen molar-refractivity contribution in [2.75, 3.05) is 18.1 Å². The van der Waals surface area contributed by atoms with Gasteiger partial charge in [0.05, 0.1) is 11.1 Å². The number of benzene rings is 1. The van der Waals surface area contributed by atoms with Crippen LogP contribution < -0.4 is 16.4 Å². The molecule has 0 saturated heterocycles. The number of rotatable bonds is 5. The monoisotopic (exact) mass is 290 g/mol. The Bertz CT molecular complexity index is 681. The Morgan fingerprint density at radius 2 is 2.29 bits per heavy atom. The predicted octanol–water partition coefficient (Wildman–Crippen LogP) is 0.872. The van der Waals surface area contributed by atoms with Gasteiger partial charge in [-0.05, 0) is 12.1 Å². The van der Waals surface area contributed by atoms with Crippen LogP contribution in [0.15, 0.2) is 24.4 Å². The van der Waals surface area contributed by atoms with E-state index in [4.69, 9.17) is 5.73 Å². The first-order valence-electron chi connectivity index (χ1n) is 6.05. The van der Waals surface area contributed by atoms with E-state index >= 15 is 0 Å². The van der Waals surface area contributed by atoms with E-state index in [2.05, 4.69) is 20.8 Å². The molecule has 0 bridgehead atoms. The fourth-order valence-corrected chi connectivity index (χ4v) is 1.77. The number of hydrogen-bond donors (Lipinski definition) is 4. The summed E-state index contributed by atoms with van der Waals surface area (Å²) < 4.78 is 0. The molecule has 2 aromatic rings. The zero-order valence-corrected chi connectivity index (χ0v) is 11.2. The summed E-state index contributed by atoms with van der Waals surface area (Å²) >= 11 is 0. The number of anilines is 2. The van der Waals surface area contributed by atoms with E-state index in [9.17, 15) is 14.9 Å². The highest BCUT2D eigenvalue weighted by Crippen LogP contribution is 2.26. The molecule has 0 fully saturated rings. The molecule has 1 amide bonds. The van der Waals surface area contributed by atoms with Crippen LogP contribution in [0.5, 0.6) is 0 Å². The lowest BCUT2D eigenvalue weighted by atomic mass is 10.1. The normalized spacial score (nSPS) is 10.1. The summed E-state index contributed by atoms with van der Waals surface area (Å²) in [6.45, 7) is 0.280. The third-order valence-electron chi connectivity index (χ3n) is 2.90. The van der Waals surface area contributed by atoms with Crippen molar-refractivity contribution in [2.24, 2.45) is 0 Å². The Balaban J connectivity index is 2.24. The molecule has 21 heavy (non-hydrogen) atoms. The molecule has 0 aliphatic heterocycles. The van der Waals surface area contributed by atoms with Crippen LogP contribution >= 0.6 is 0 Å². The predicted molar refractivity (Wildman–Crippen MR) is 76.8 cm³/mol. The number of aromatic nitrogens is 2. The summed E-state index contributed by atoms with van der Waals surface area (Å²) in [6, 6.07) is 4.21. The van der Waals surface area contributed by atoms with E-state index < -0.39 is 4.92 Å². The molecular formula is C12H14N6O3. The lowest BCUT2D eigenvalue weighted by molar-refractivity contribution is -0.384. The van der Waals surface area contributed by atoms with Gasteiger partial charge in [0.15, 0.2) is 0 Å². The molecule has 0 aliphatic rings. The number of nitrogen functional groups attached to an aromatic ring is 1. The molecule has 9 heteroatoms. The molecule has 0 saturated carbocycles. The molecule has 1 heterocycles. The maximum Gasteiger partial charge on any atom is 0.293 e. The molecule has 0 spiro atoms. The summed E-state index contributed by atoms with van der Waals surface area (Å²) in [5, 5.41) is 22.8. The van der Waals surface area contributed by atoms with Crippen LogP contribution in [0.1, 0.15) is 15.9 Å². The van der Waals surface area contributed by atoms with Crippen LogP contribution in [0.2, 0.25) is 0 Å². The molecule has 1 aromatic carbocycles. The zero-order chi connectivity index (χ0) is 15.4. The largest absolute Gasteiger partial charge is 0.384 e. The lowest BCUT2D eigenvalue weighted by Gasteiger charge is -2.08. The maximum absolute atomic E-state index is 11.5. The summed E-state index contributed by atoms with van der Waals surface area (Å²) in [6.07, 6.45) is 1.53. The van der Waals surface area contributed by atoms with E-state index in [1.165, 1.54) is 31.4 Å². The number of nitro benzene ring substituents is 1. The number of hydrogen-bond acceptors (Lipinski definition) is 6. The quantitative estimate of drug-likeness (QED) is 0.476. The third kappa shape index (κ3) is 3.08. The van der Waals surface area contributed by atoms with Crippen LogP contribution in [0.4, 0.5) is 17.2 Å². The smallest absolute Gasteiger partial charge is 0.293 e. The molecule has 0 unspecified atom stereocenters. The second-order valence-corrected chi connectivity index (χ2v) is 4.23. The minimum absolute atomic E-state index is 0.182. The standard InChI is InChI=1S/C12H14N6O3/c1-14-12(19)7-2-3-9(10(4-7)18(20)21)15-5-8-6-16-17-11(8)13/h2-4,6,15H,5H2,1H3,(H,14,19)(H3,13,16,17). The van der Waals surface area contributed by atoms with Gasteiger partial charge >= 0.3 is 0 Å². The van der Waals surface area contributed by atoms with Crippen molar-refractivity contribution in [1.29, 1.82) is 0 Å². The fraction of sp³-hybridized carbons (Fsp3) is 0.167. The summed E-state index contributed by atoms with van der Waals surface area (Å²) in [5.41, 5.74) is 6.67. The number of carbonyl (C=O) groups is 1. The van der Waals surface area contributed by atoms with Gasteiger partial charge in [-0.2, -0.15) is 5.10 Å². The Hall–Kier alpha value is -3.10. The Kier molecular flexibility index (Phi) is 4.02. The van der Waals surface area contributed by atoms with Gasteiger partial charge in [-0.25, -0.2) is 0 Å². The number of nitrogens with zero attached hydrogens (tertiary/aromatic N) is 2. The van der Waals surface area contributed by atoms with Gasteiger partial charge in [0, 0.05) is 30.8 Å². The van der Waals surface area contributed by atoms with E-state index in [0.29, 0.717) is 17.1 Å². The van der Waals surface area contributed by atoms with Crippen LogP contribution in [0.25, 0.3) is 0 Å². The zero-order valence-electron chi connectivity index (χ0n) is 11.2. The van der Waals surface area contributed by atoms with Gasteiger partial charge in [-0.15, -0.1) is 0 Å². The van der Waals surface area contributed by atoms with Gasteiger partial charge < -0.3 is 16.4 Å². The number of nitrogens with two attached hydrogens (primary N) is 1. The van der Waals surface area contributed by atoms with Crippen molar-refractivity contribution in [2.45, 2.75) is 6.54 Å². The second-order valence-electron chi connectivity index (χ2n) is 4.23. The molecule has 1 aromatic heterocycles. The molecule has 0 aliphatic carbocycles. The van der Waals surface area contributed by atoms with E-state index in [1.807, 2.05) is 0 Å². The number of nitro groups is 1. The second kappa shape index (κ2) is 5.90. The first kappa shape index (κ1) is 14.3. The van der Waals surface area contributed by atoms with Crippen LogP contribution in [-0.4, -0.2) is 28.1 Å². The fourth-order valence-electron chi connectivity index (χ4n) is 1.77.